The second kappa shape index (κ2) is 8.05. The van der Waals surface area contributed by atoms with Crippen LogP contribution < -0.4 is 5.73 Å². The first-order valence-electron chi connectivity index (χ1n) is 9.17. The van der Waals surface area contributed by atoms with Gasteiger partial charge in [-0.25, -0.2) is 0 Å². The van der Waals surface area contributed by atoms with Crippen LogP contribution in [0.4, 0.5) is 0 Å². The van der Waals surface area contributed by atoms with Gasteiger partial charge in [0.25, 0.3) is 5.91 Å². The second-order valence-corrected chi connectivity index (χ2v) is 6.85. The number of amides is 1. The Bertz CT molecular complexity index is 877. The highest BCUT2D eigenvalue weighted by Crippen LogP contribution is 2.27. The number of aryl methyl sites for hydroxylation is 2. The molecule has 0 bridgehead atoms. The molecule has 134 valence electrons. The van der Waals surface area contributed by atoms with Crippen LogP contribution in [0.15, 0.2) is 60.7 Å². The molecule has 26 heavy (non-hydrogen) atoms. The Morgan fingerprint density at radius 1 is 0.962 bits per heavy atom. The summed E-state index contributed by atoms with van der Waals surface area (Å²) in [5.74, 6) is -0.362. The lowest BCUT2D eigenvalue weighted by molar-refractivity contribution is 0.0999. The highest BCUT2D eigenvalue weighted by molar-refractivity contribution is 5.95. The van der Waals surface area contributed by atoms with E-state index >= 15 is 0 Å². The fourth-order valence-corrected chi connectivity index (χ4v) is 3.39. The van der Waals surface area contributed by atoms with Gasteiger partial charge in [0.1, 0.15) is 0 Å². The van der Waals surface area contributed by atoms with Gasteiger partial charge in [0, 0.05) is 17.9 Å². The van der Waals surface area contributed by atoms with Crippen molar-refractivity contribution in [3.8, 4) is 11.3 Å². The van der Waals surface area contributed by atoms with Crippen LogP contribution in [-0.2, 0) is 13.0 Å². The molecule has 3 heteroatoms. The van der Waals surface area contributed by atoms with Crippen LogP contribution in [0.3, 0.4) is 0 Å². The molecule has 0 saturated carbocycles. The fraction of sp³-hybridized carbons (Fsp3) is 0.261. The summed E-state index contributed by atoms with van der Waals surface area (Å²) in [6, 6.07) is 20.9. The van der Waals surface area contributed by atoms with Crippen molar-refractivity contribution < 1.29 is 4.79 Å². The molecular weight excluding hydrogens is 320 g/mol. The lowest BCUT2D eigenvalue weighted by atomic mass is 10.1. The van der Waals surface area contributed by atoms with Crippen molar-refractivity contribution in [1.82, 2.24) is 4.57 Å². The van der Waals surface area contributed by atoms with Crippen LogP contribution in [0.1, 0.15) is 40.0 Å². The van der Waals surface area contributed by atoms with Gasteiger partial charge in [-0.15, -0.1) is 0 Å². The molecule has 0 aliphatic rings. The van der Waals surface area contributed by atoms with E-state index in [4.69, 9.17) is 5.73 Å². The number of unbranched alkanes of at least 4 members (excludes halogenated alkanes) is 1. The molecule has 0 radical (unpaired) electrons. The Hall–Kier alpha value is -2.81. The highest BCUT2D eigenvalue weighted by atomic mass is 16.1. The highest BCUT2D eigenvalue weighted by Gasteiger charge is 2.16. The van der Waals surface area contributed by atoms with Gasteiger partial charge < -0.3 is 10.3 Å². The number of benzene rings is 2. The second-order valence-electron chi connectivity index (χ2n) is 6.85. The summed E-state index contributed by atoms with van der Waals surface area (Å²) in [7, 11) is 0. The normalized spacial score (nSPS) is 10.8. The van der Waals surface area contributed by atoms with Gasteiger partial charge in [0.2, 0.25) is 0 Å². The van der Waals surface area contributed by atoms with Crippen LogP contribution in [0, 0.1) is 13.8 Å². The van der Waals surface area contributed by atoms with Gasteiger partial charge in [-0.3, -0.25) is 4.79 Å². The molecule has 3 rings (SSSR count). The van der Waals surface area contributed by atoms with Crippen LogP contribution in [-0.4, -0.2) is 10.5 Å². The van der Waals surface area contributed by atoms with Crippen molar-refractivity contribution in [1.29, 1.82) is 0 Å². The average molecular weight is 346 g/mol. The number of carbonyl (C=O) groups is 1. The minimum Gasteiger partial charge on any atom is -0.366 e. The van der Waals surface area contributed by atoms with E-state index in [-0.39, 0.29) is 5.91 Å². The predicted molar refractivity (Wildman–Crippen MR) is 107 cm³/mol. The molecule has 3 aromatic rings. The van der Waals surface area contributed by atoms with Crippen molar-refractivity contribution in [2.75, 3.05) is 0 Å². The maximum absolute atomic E-state index is 11.8. The SMILES string of the molecule is Cc1ccc(-c2cc(C(N)=O)c(C)n2CCCCc2ccccc2)cc1. The fourth-order valence-electron chi connectivity index (χ4n) is 3.39. The molecule has 0 atom stereocenters. The monoisotopic (exact) mass is 346 g/mol. The first kappa shape index (κ1) is 18.0. The van der Waals surface area contributed by atoms with Gasteiger partial charge in [-0.05, 0) is 50.3 Å². The van der Waals surface area contributed by atoms with Gasteiger partial charge in [0.15, 0.2) is 0 Å². The Balaban J connectivity index is 1.78. The zero-order valence-corrected chi connectivity index (χ0v) is 15.5. The Labute approximate surface area is 155 Å². The number of nitrogens with two attached hydrogens (primary N) is 1. The van der Waals surface area contributed by atoms with Crippen molar-refractivity contribution in [3.63, 3.8) is 0 Å². The Kier molecular flexibility index (Phi) is 5.57. The molecule has 2 aromatic carbocycles. The lowest BCUT2D eigenvalue weighted by Gasteiger charge is -2.12. The maximum atomic E-state index is 11.8. The first-order chi connectivity index (χ1) is 12.6. The van der Waals surface area contributed by atoms with Gasteiger partial charge >= 0.3 is 0 Å². The topological polar surface area (TPSA) is 48.0 Å². The number of aromatic nitrogens is 1. The van der Waals surface area contributed by atoms with Crippen molar-refractivity contribution >= 4 is 5.91 Å². The minimum absolute atomic E-state index is 0.362. The summed E-state index contributed by atoms with van der Waals surface area (Å²) in [6.45, 7) is 4.94. The van der Waals surface area contributed by atoms with E-state index in [1.165, 1.54) is 11.1 Å². The third-order valence-corrected chi connectivity index (χ3v) is 4.92. The molecule has 2 N–H and O–H groups in total. The third kappa shape index (κ3) is 4.05. The largest absolute Gasteiger partial charge is 0.366 e. The van der Waals surface area contributed by atoms with Crippen LogP contribution >= 0.6 is 0 Å². The van der Waals surface area contributed by atoms with E-state index in [1.807, 2.05) is 19.1 Å². The van der Waals surface area contributed by atoms with Crippen LogP contribution in [0.25, 0.3) is 11.3 Å². The summed E-state index contributed by atoms with van der Waals surface area (Å²) < 4.78 is 2.23. The third-order valence-electron chi connectivity index (χ3n) is 4.92. The number of primary amides is 1. The van der Waals surface area contributed by atoms with E-state index in [0.29, 0.717) is 5.56 Å². The molecule has 3 nitrogen and oxygen atoms in total. The van der Waals surface area contributed by atoms with Gasteiger partial charge in [-0.1, -0.05) is 60.2 Å². The Morgan fingerprint density at radius 2 is 1.65 bits per heavy atom. The maximum Gasteiger partial charge on any atom is 0.250 e. The van der Waals surface area contributed by atoms with Crippen LogP contribution in [0.2, 0.25) is 0 Å². The molecule has 0 spiro atoms. The molecule has 0 aliphatic carbocycles. The zero-order chi connectivity index (χ0) is 18.5. The number of hydrogen-bond donors (Lipinski definition) is 1. The molecular formula is C23H26N2O. The number of rotatable bonds is 7. The van der Waals surface area contributed by atoms with E-state index in [2.05, 4.69) is 60.0 Å². The average Bonchev–Trinajstić information content (AvgIpc) is 2.97. The van der Waals surface area contributed by atoms with Gasteiger partial charge in [0.05, 0.1) is 5.56 Å². The van der Waals surface area contributed by atoms with Gasteiger partial charge in [-0.2, -0.15) is 0 Å². The predicted octanol–water partition coefficient (Wildman–Crippen LogP) is 4.89. The molecule has 0 unspecified atom stereocenters. The number of nitrogens with zero attached hydrogens (tertiary/aromatic N) is 1. The van der Waals surface area contributed by atoms with Crippen molar-refractivity contribution in [2.45, 2.75) is 39.7 Å². The van der Waals surface area contributed by atoms with E-state index in [1.54, 1.807) is 0 Å². The van der Waals surface area contributed by atoms with Crippen molar-refractivity contribution in [3.05, 3.63) is 83.0 Å². The van der Waals surface area contributed by atoms with Crippen molar-refractivity contribution in [2.24, 2.45) is 5.73 Å². The molecule has 0 aliphatic heterocycles. The summed E-state index contributed by atoms with van der Waals surface area (Å²) in [5, 5.41) is 0. The van der Waals surface area contributed by atoms with E-state index < -0.39 is 0 Å². The van der Waals surface area contributed by atoms with Crippen LogP contribution in [0.5, 0.6) is 0 Å². The summed E-state index contributed by atoms with van der Waals surface area (Å²) in [4.78, 5) is 11.8. The molecule has 0 fully saturated rings. The number of carbonyl (C=O) groups excluding carboxylic acids is 1. The zero-order valence-electron chi connectivity index (χ0n) is 15.5. The smallest absolute Gasteiger partial charge is 0.250 e. The summed E-state index contributed by atoms with van der Waals surface area (Å²) in [6.07, 6.45) is 3.24. The van der Waals surface area contributed by atoms with E-state index in [9.17, 15) is 4.79 Å². The quantitative estimate of drug-likeness (QED) is 0.608. The molecule has 0 saturated heterocycles. The summed E-state index contributed by atoms with van der Waals surface area (Å²) >= 11 is 0. The number of hydrogen-bond acceptors (Lipinski definition) is 1. The minimum atomic E-state index is -0.362. The molecule has 1 heterocycles. The van der Waals surface area contributed by atoms with E-state index in [0.717, 1.165) is 42.8 Å². The lowest BCUT2D eigenvalue weighted by Crippen LogP contribution is -2.12. The standard InChI is InChI=1S/C23H26N2O/c1-17-11-13-20(14-12-17)22-16-21(23(24)26)18(2)25(22)15-7-6-10-19-8-4-3-5-9-19/h3-5,8-9,11-14,16H,6-7,10,15H2,1-2H3,(H2,24,26). The first-order valence-corrected chi connectivity index (χ1v) is 9.17. The molecule has 1 aromatic heterocycles. The summed E-state index contributed by atoms with van der Waals surface area (Å²) in [5.41, 5.74) is 11.9. The Morgan fingerprint density at radius 3 is 2.31 bits per heavy atom. The molecule has 1 amide bonds.